The van der Waals surface area contributed by atoms with Crippen LogP contribution in [-0.4, -0.2) is 22.1 Å². The molecule has 1 aliphatic carbocycles. The van der Waals surface area contributed by atoms with Gasteiger partial charge in [0.1, 0.15) is 0 Å². The van der Waals surface area contributed by atoms with Crippen LogP contribution in [-0.2, 0) is 0 Å². The van der Waals surface area contributed by atoms with E-state index < -0.39 is 0 Å². The van der Waals surface area contributed by atoms with Crippen molar-refractivity contribution in [2.45, 2.75) is 31.1 Å². The molecule has 0 saturated heterocycles. The number of nitrogens with zero attached hydrogens (tertiary/aromatic N) is 2. The SMILES string of the molecule is ClC1CCCCC1CNc1cnnc2ccccc12. The van der Waals surface area contributed by atoms with Gasteiger partial charge in [0.2, 0.25) is 0 Å². The highest BCUT2D eigenvalue weighted by Gasteiger charge is 2.22. The van der Waals surface area contributed by atoms with Gasteiger partial charge in [-0.15, -0.1) is 11.6 Å². The number of benzene rings is 1. The maximum absolute atomic E-state index is 6.40. The Kier molecular flexibility index (Phi) is 3.83. The van der Waals surface area contributed by atoms with Crippen molar-refractivity contribution in [3.63, 3.8) is 0 Å². The highest BCUT2D eigenvalue weighted by Crippen LogP contribution is 2.29. The van der Waals surface area contributed by atoms with Gasteiger partial charge in [-0.25, -0.2) is 0 Å². The highest BCUT2D eigenvalue weighted by atomic mass is 35.5. The molecule has 0 amide bonds. The van der Waals surface area contributed by atoms with Crippen molar-refractivity contribution in [3.8, 4) is 0 Å². The fourth-order valence-corrected chi connectivity index (χ4v) is 3.15. The van der Waals surface area contributed by atoms with Crippen molar-refractivity contribution in [2.24, 2.45) is 5.92 Å². The van der Waals surface area contributed by atoms with E-state index in [4.69, 9.17) is 11.6 Å². The molecular weight excluding hydrogens is 258 g/mol. The van der Waals surface area contributed by atoms with Gasteiger partial charge >= 0.3 is 0 Å². The van der Waals surface area contributed by atoms with Crippen LogP contribution in [0.25, 0.3) is 10.9 Å². The van der Waals surface area contributed by atoms with E-state index in [0.717, 1.165) is 29.6 Å². The lowest BCUT2D eigenvalue weighted by atomic mass is 9.88. The molecule has 1 heterocycles. The number of nitrogens with one attached hydrogen (secondary N) is 1. The Morgan fingerprint density at radius 2 is 2.05 bits per heavy atom. The topological polar surface area (TPSA) is 37.8 Å². The van der Waals surface area contributed by atoms with Crippen LogP contribution < -0.4 is 5.32 Å². The number of halogens is 1. The van der Waals surface area contributed by atoms with Crippen LogP contribution in [0.5, 0.6) is 0 Å². The van der Waals surface area contributed by atoms with Gasteiger partial charge in [-0.05, 0) is 24.8 Å². The highest BCUT2D eigenvalue weighted by molar-refractivity contribution is 6.20. The Morgan fingerprint density at radius 1 is 1.21 bits per heavy atom. The lowest BCUT2D eigenvalue weighted by Crippen LogP contribution is -2.26. The molecule has 100 valence electrons. The molecule has 2 atom stereocenters. The first-order valence-electron chi connectivity index (χ1n) is 6.93. The Balaban J connectivity index is 1.74. The first-order chi connectivity index (χ1) is 9.34. The van der Waals surface area contributed by atoms with Gasteiger partial charge < -0.3 is 5.32 Å². The van der Waals surface area contributed by atoms with Crippen LogP contribution in [0.1, 0.15) is 25.7 Å². The number of alkyl halides is 1. The molecule has 4 heteroatoms. The number of hydrogen-bond acceptors (Lipinski definition) is 3. The molecule has 1 fully saturated rings. The van der Waals surface area contributed by atoms with Crippen molar-refractivity contribution in [1.82, 2.24) is 10.2 Å². The molecule has 0 spiro atoms. The molecule has 1 aromatic heterocycles. The second-order valence-corrected chi connectivity index (χ2v) is 5.78. The maximum atomic E-state index is 6.40. The standard InChI is InChI=1S/C15H18ClN3/c16-13-7-3-1-5-11(13)9-17-15-10-18-19-14-8-4-2-6-12(14)15/h2,4,6,8,10-11,13H,1,3,5,7,9H2,(H,17,19). The molecule has 3 nitrogen and oxygen atoms in total. The molecule has 19 heavy (non-hydrogen) atoms. The Morgan fingerprint density at radius 3 is 2.95 bits per heavy atom. The Hall–Kier alpha value is -1.35. The summed E-state index contributed by atoms with van der Waals surface area (Å²) in [5.74, 6) is 0.558. The zero-order valence-electron chi connectivity index (χ0n) is 10.8. The molecule has 1 saturated carbocycles. The molecule has 1 aromatic carbocycles. The van der Waals surface area contributed by atoms with Gasteiger partial charge in [0.05, 0.1) is 17.4 Å². The number of aromatic nitrogens is 2. The quantitative estimate of drug-likeness (QED) is 0.865. The van der Waals surface area contributed by atoms with Gasteiger partial charge in [0, 0.05) is 17.3 Å². The minimum Gasteiger partial charge on any atom is -0.383 e. The van der Waals surface area contributed by atoms with Gasteiger partial charge in [-0.3, -0.25) is 0 Å². The Bertz CT molecular complexity index is 553. The average molecular weight is 276 g/mol. The van der Waals surface area contributed by atoms with Crippen molar-refractivity contribution in [3.05, 3.63) is 30.5 Å². The van der Waals surface area contributed by atoms with Crippen molar-refractivity contribution in [1.29, 1.82) is 0 Å². The summed E-state index contributed by atoms with van der Waals surface area (Å²) in [6.07, 6.45) is 6.73. The number of fused-ring (bicyclic) bond motifs is 1. The fourth-order valence-electron chi connectivity index (χ4n) is 2.78. The minimum absolute atomic E-state index is 0.308. The predicted octanol–water partition coefficient (Wildman–Crippen LogP) is 3.84. The molecule has 3 rings (SSSR count). The molecular formula is C15H18ClN3. The van der Waals surface area contributed by atoms with Crippen molar-refractivity contribution in [2.75, 3.05) is 11.9 Å². The van der Waals surface area contributed by atoms with Crippen LogP contribution in [0.15, 0.2) is 30.5 Å². The number of hydrogen-bond donors (Lipinski definition) is 1. The molecule has 0 radical (unpaired) electrons. The van der Waals surface area contributed by atoms with Crippen LogP contribution in [0, 0.1) is 5.92 Å². The summed E-state index contributed by atoms with van der Waals surface area (Å²) in [4.78, 5) is 0. The van der Waals surface area contributed by atoms with Gasteiger partial charge in [-0.2, -0.15) is 10.2 Å². The summed E-state index contributed by atoms with van der Waals surface area (Å²) in [6.45, 7) is 0.920. The van der Waals surface area contributed by atoms with Crippen molar-refractivity contribution < 1.29 is 0 Å². The van der Waals surface area contributed by atoms with E-state index in [1.54, 1.807) is 6.20 Å². The zero-order chi connectivity index (χ0) is 13.1. The molecule has 0 bridgehead atoms. The van der Waals surface area contributed by atoms with E-state index in [9.17, 15) is 0 Å². The first kappa shape index (κ1) is 12.7. The lowest BCUT2D eigenvalue weighted by molar-refractivity contribution is 0.380. The second kappa shape index (κ2) is 5.74. The third-order valence-corrected chi connectivity index (χ3v) is 4.49. The lowest BCUT2D eigenvalue weighted by Gasteiger charge is -2.27. The smallest absolute Gasteiger partial charge is 0.0950 e. The predicted molar refractivity (Wildman–Crippen MR) is 79.6 cm³/mol. The monoisotopic (exact) mass is 275 g/mol. The van der Waals surface area contributed by atoms with E-state index in [1.807, 2.05) is 18.2 Å². The normalized spacial score (nSPS) is 23.4. The molecule has 1 aliphatic rings. The number of anilines is 1. The van der Waals surface area contributed by atoms with Gasteiger partial charge in [-0.1, -0.05) is 31.0 Å². The van der Waals surface area contributed by atoms with Crippen LogP contribution in [0.2, 0.25) is 0 Å². The third kappa shape index (κ3) is 2.81. The summed E-state index contributed by atoms with van der Waals surface area (Å²) in [7, 11) is 0. The van der Waals surface area contributed by atoms with E-state index in [0.29, 0.717) is 11.3 Å². The van der Waals surface area contributed by atoms with E-state index >= 15 is 0 Å². The fraction of sp³-hybridized carbons (Fsp3) is 0.467. The zero-order valence-corrected chi connectivity index (χ0v) is 11.6. The molecule has 2 aromatic rings. The van der Waals surface area contributed by atoms with Gasteiger partial charge in [0.25, 0.3) is 0 Å². The summed E-state index contributed by atoms with van der Waals surface area (Å²) in [5, 5.41) is 13.1. The molecule has 1 N–H and O–H groups in total. The summed E-state index contributed by atoms with van der Waals surface area (Å²) >= 11 is 6.40. The van der Waals surface area contributed by atoms with Crippen molar-refractivity contribution >= 4 is 28.2 Å². The summed E-state index contributed by atoms with van der Waals surface area (Å²) in [6, 6.07) is 8.07. The second-order valence-electron chi connectivity index (χ2n) is 5.22. The largest absolute Gasteiger partial charge is 0.383 e. The first-order valence-corrected chi connectivity index (χ1v) is 7.36. The van der Waals surface area contributed by atoms with E-state index in [1.165, 1.54) is 19.3 Å². The van der Waals surface area contributed by atoms with E-state index in [-0.39, 0.29) is 0 Å². The number of rotatable bonds is 3. The summed E-state index contributed by atoms with van der Waals surface area (Å²) in [5.41, 5.74) is 1.98. The third-order valence-electron chi connectivity index (χ3n) is 3.92. The van der Waals surface area contributed by atoms with Crippen LogP contribution in [0.3, 0.4) is 0 Å². The maximum Gasteiger partial charge on any atom is 0.0950 e. The molecule has 0 aliphatic heterocycles. The van der Waals surface area contributed by atoms with Crippen LogP contribution >= 0.6 is 11.6 Å². The Labute approximate surface area is 118 Å². The average Bonchev–Trinajstić information content (AvgIpc) is 2.46. The molecule has 2 unspecified atom stereocenters. The minimum atomic E-state index is 0.308. The van der Waals surface area contributed by atoms with E-state index in [2.05, 4.69) is 21.6 Å². The summed E-state index contributed by atoms with van der Waals surface area (Å²) < 4.78 is 0. The van der Waals surface area contributed by atoms with Crippen LogP contribution in [0.4, 0.5) is 5.69 Å². The van der Waals surface area contributed by atoms with Gasteiger partial charge in [0.15, 0.2) is 0 Å².